The van der Waals surface area contributed by atoms with E-state index in [0.717, 1.165) is 5.56 Å². The van der Waals surface area contributed by atoms with E-state index in [0.29, 0.717) is 23.8 Å². The molecule has 1 aromatic carbocycles. The molecule has 0 saturated heterocycles. The van der Waals surface area contributed by atoms with Crippen LogP contribution in [0.5, 0.6) is 11.5 Å². The van der Waals surface area contributed by atoms with Crippen LogP contribution in [0.15, 0.2) is 42.7 Å². The van der Waals surface area contributed by atoms with Gasteiger partial charge in [-0.25, -0.2) is 0 Å². The summed E-state index contributed by atoms with van der Waals surface area (Å²) in [5.74, 6) is 0.875. The number of carbonyl (C=O) groups is 1. The van der Waals surface area contributed by atoms with Gasteiger partial charge in [-0.15, -0.1) is 0 Å². The highest BCUT2D eigenvalue weighted by atomic mass is 16.5. The van der Waals surface area contributed by atoms with Crippen LogP contribution in [0.25, 0.3) is 0 Å². The van der Waals surface area contributed by atoms with E-state index in [2.05, 4.69) is 10.3 Å². The molecule has 2 rings (SSSR count). The minimum atomic E-state index is -0.580. The zero-order chi connectivity index (χ0) is 15.9. The van der Waals surface area contributed by atoms with Crippen LogP contribution in [0.3, 0.4) is 0 Å². The topological polar surface area (TPSA) is 86.5 Å². The SMILES string of the molecule is COc1ccc(NC(=O)[C@H](C)N)cc1OCc1ccncc1. The number of benzene rings is 1. The third kappa shape index (κ3) is 4.20. The van der Waals surface area contributed by atoms with Crippen LogP contribution in [0.4, 0.5) is 5.69 Å². The summed E-state index contributed by atoms with van der Waals surface area (Å²) in [6.45, 7) is 2.00. The molecule has 0 aliphatic carbocycles. The maximum absolute atomic E-state index is 11.6. The van der Waals surface area contributed by atoms with Gasteiger partial charge in [0.25, 0.3) is 0 Å². The van der Waals surface area contributed by atoms with E-state index in [1.807, 2.05) is 12.1 Å². The molecule has 0 unspecified atom stereocenters. The van der Waals surface area contributed by atoms with E-state index in [4.69, 9.17) is 15.2 Å². The molecule has 0 aliphatic rings. The van der Waals surface area contributed by atoms with Crippen LogP contribution in [0, 0.1) is 0 Å². The predicted molar refractivity (Wildman–Crippen MR) is 83.8 cm³/mol. The average molecular weight is 301 g/mol. The Labute approximate surface area is 129 Å². The summed E-state index contributed by atoms with van der Waals surface area (Å²) in [4.78, 5) is 15.6. The predicted octanol–water partition coefficient (Wildman–Crippen LogP) is 1.95. The van der Waals surface area contributed by atoms with Crippen molar-refractivity contribution in [3.8, 4) is 11.5 Å². The quantitative estimate of drug-likeness (QED) is 0.851. The third-order valence-electron chi connectivity index (χ3n) is 2.99. The smallest absolute Gasteiger partial charge is 0.241 e. The zero-order valence-corrected chi connectivity index (χ0v) is 12.6. The average Bonchev–Trinajstić information content (AvgIpc) is 2.54. The molecule has 2 aromatic rings. The second-order valence-electron chi connectivity index (χ2n) is 4.79. The van der Waals surface area contributed by atoms with Gasteiger partial charge in [0.05, 0.1) is 13.2 Å². The van der Waals surface area contributed by atoms with Gasteiger partial charge in [-0.2, -0.15) is 0 Å². The number of hydrogen-bond acceptors (Lipinski definition) is 5. The van der Waals surface area contributed by atoms with E-state index in [1.54, 1.807) is 44.6 Å². The highest BCUT2D eigenvalue weighted by Crippen LogP contribution is 2.30. The minimum Gasteiger partial charge on any atom is -0.493 e. The number of hydrogen-bond donors (Lipinski definition) is 2. The minimum absolute atomic E-state index is 0.259. The fourth-order valence-corrected chi connectivity index (χ4v) is 1.76. The summed E-state index contributed by atoms with van der Waals surface area (Å²) < 4.78 is 11.0. The molecule has 0 radical (unpaired) electrons. The normalized spacial score (nSPS) is 11.6. The van der Waals surface area contributed by atoms with Crippen LogP contribution in [-0.2, 0) is 11.4 Å². The standard InChI is InChI=1S/C16H19N3O3/c1-11(17)16(20)19-13-3-4-14(21-2)15(9-13)22-10-12-5-7-18-8-6-12/h3-9,11H,10,17H2,1-2H3,(H,19,20)/t11-/m0/s1. The number of methoxy groups -OCH3 is 1. The van der Waals surface area contributed by atoms with Crippen molar-refractivity contribution < 1.29 is 14.3 Å². The summed E-state index contributed by atoms with van der Waals surface area (Å²) >= 11 is 0. The summed E-state index contributed by atoms with van der Waals surface area (Å²) in [5.41, 5.74) is 7.13. The van der Waals surface area contributed by atoms with Crippen molar-refractivity contribution in [3.05, 3.63) is 48.3 Å². The summed E-state index contributed by atoms with van der Waals surface area (Å²) in [6, 6.07) is 8.34. The van der Waals surface area contributed by atoms with Gasteiger partial charge in [0, 0.05) is 24.1 Å². The monoisotopic (exact) mass is 301 g/mol. The number of nitrogens with two attached hydrogens (primary N) is 1. The van der Waals surface area contributed by atoms with Gasteiger partial charge >= 0.3 is 0 Å². The molecular weight excluding hydrogens is 282 g/mol. The lowest BCUT2D eigenvalue weighted by atomic mass is 10.2. The number of nitrogens with one attached hydrogen (secondary N) is 1. The summed E-state index contributed by atoms with van der Waals surface area (Å²) in [6.07, 6.45) is 3.41. The molecule has 22 heavy (non-hydrogen) atoms. The van der Waals surface area contributed by atoms with E-state index >= 15 is 0 Å². The van der Waals surface area contributed by atoms with Gasteiger partial charge in [-0.3, -0.25) is 9.78 Å². The Morgan fingerprint density at radius 1 is 1.27 bits per heavy atom. The van der Waals surface area contributed by atoms with Crippen molar-refractivity contribution in [2.75, 3.05) is 12.4 Å². The number of ether oxygens (including phenoxy) is 2. The van der Waals surface area contributed by atoms with Crippen molar-refractivity contribution in [3.63, 3.8) is 0 Å². The number of pyridine rings is 1. The molecule has 3 N–H and O–H groups in total. The van der Waals surface area contributed by atoms with E-state index in [1.165, 1.54) is 0 Å². The van der Waals surface area contributed by atoms with Crippen molar-refractivity contribution in [1.29, 1.82) is 0 Å². The summed E-state index contributed by atoms with van der Waals surface area (Å²) in [5, 5.41) is 2.72. The molecule has 1 aromatic heterocycles. The molecule has 0 saturated carbocycles. The Kier molecular flexibility index (Phi) is 5.32. The van der Waals surface area contributed by atoms with Crippen LogP contribution >= 0.6 is 0 Å². The molecule has 6 heteroatoms. The fourth-order valence-electron chi connectivity index (χ4n) is 1.76. The Hall–Kier alpha value is -2.60. The molecule has 0 bridgehead atoms. The molecule has 1 heterocycles. The first-order valence-corrected chi connectivity index (χ1v) is 6.86. The van der Waals surface area contributed by atoms with Crippen LogP contribution in [0.2, 0.25) is 0 Å². The first-order valence-electron chi connectivity index (χ1n) is 6.86. The van der Waals surface area contributed by atoms with Gasteiger partial charge in [0.2, 0.25) is 5.91 Å². The van der Waals surface area contributed by atoms with E-state index in [9.17, 15) is 4.79 Å². The van der Waals surface area contributed by atoms with Crippen LogP contribution in [-0.4, -0.2) is 24.0 Å². The van der Waals surface area contributed by atoms with E-state index < -0.39 is 6.04 Å². The second kappa shape index (κ2) is 7.42. The molecule has 1 atom stereocenters. The Bertz CT molecular complexity index is 630. The van der Waals surface area contributed by atoms with Crippen LogP contribution in [0.1, 0.15) is 12.5 Å². The largest absolute Gasteiger partial charge is 0.493 e. The van der Waals surface area contributed by atoms with Crippen molar-refractivity contribution in [2.24, 2.45) is 5.73 Å². The van der Waals surface area contributed by atoms with Crippen molar-refractivity contribution in [2.45, 2.75) is 19.6 Å². The lowest BCUT2D eigenvalue weighted by molar-refractivity contribution is -0.117. The highest BCUT2D eigenvalue weighted by Gasteiger charge is 2.11. The lowest BCUT2D eigenvalue weighted by Crippen LogP contribution is -2.32. The molecule has 116 valence electrons. The molecule has 0 aliphatic heterocycles. The highest BCUT2D eigenvalue weighted by molar-refractivity contribution is 5.94. The van der Waals surface area contributed by atoms with Crippen LogP contribution < -0.4 is 20.5 Å². The van der Waals surface area contributed by atoms with Gasteiger partial charge in [-0.05, 0) is 36.8 Å². The molecule has 0 spiro atoms. The molecule has 6 nitrogen and oxygen atoms in total. The number of rotatable bonds is 6. The van der Waals surface area contributed by atoms with Gasteiger partial charge in [0.15, 0.2) is 11.5 Å². The number of anilines is 1. The molecule has 1 amide bonds. The lowest BCUT2D eigenvalue weighted by Gasteiger charge is -2.13. The number of amides is 1. The van der Waals surface area contributed by atoms with Crippen molar-refractivity contribution in [1.82, 2.24) is 4.98 Å². The van der Waals surface area contributed by atoms with Gasteiger partial charge in [-0.1, -0.05) is 0 Å². The Morgan fingerprint density at radius 3 is 2.64 bits per heavy atom. The first kappa shape index (κ1) is 15.8. The maximum Gasteiger partial charge on any atom is 0.241 e. The number of aromatic nitrogens is 1. The fraction of sp³-hybridized carbons (Fsp3) is 0.250. The molecule has 0 fully saturated rings. The van der Waals surface area contributed by atoms with Gasteiger partial charge < -0.3 is 20.5 Å². The second-order valence-corrected chi connectivity index (χ2v) is 4.79. The number of nitrogens with zero attached hydrogens (tertiary/aromatic N) is 1. The Morgan fingerprint density at radius 2 is 2.00 bits per heavy atom. The Balaban J connectivity index is 2.12. The summed E-state index contributed by atoms with van der Waals surface area (Å²) in [7, 11) is 1.56. The van der Waals surface area contributed by atoms with Crippen molar-refractivity contribution >= 4 is 11.6 Å². The zero-order valence-electron chi connectivity index (χ0n) is 12.6. The third-order valence-corrected chi connectivity index (χ3v) is 2.99. The maximum atomic E-state index is 11.6. The van der Waals surface area contributed by atoms with Gasteiger partial charge in [0.1, 0.15) is 6.61 Å². The number of carbonyl (C=O) groups excluding carboxylic acids is 1. The first-order chi connectivity index (χ1) is 10.6. The van der Waals surface area contributed by atoms with E-state index in [-0.39, 0.29) is 5.91 Å². The molecular formula is C16H19N3O3.